The summed E-state index contributed by atoms with van der Waals surface area (Å²) in [6.45, 7) is 8.56. The lowest BCUT2D eigenvalue weighted by Gasteiger charge is -2.21. The standard InChI is InChI=1S/C17H27NO3/c1-12(2)14-8-7-13(3)15(11-14)21-10-6-9-17(4,18)16(19)20-5/h7-8,11-12H,6,9-10,18H2,1-5H3. The lowest BCUT2D eigenvalue weighted by atomic mass is 9.98. The van der Waals surface area contributed by atoms with Crippen LogP contribution in [0.1, 0.15) is 50.7 Å². The number of carbonyl (C=O) groups excluding carboxylic acids is 1. The number of carbonyl (C=O) groups is 1. The number of nitrogens with two attached hydrogens (primary N) is 1. The highest BCUT2D eigenvalue weighted by Gasteiger charge is 2.28. The molecule has 1 aromatic rings. The van der Waals surface area contributed by atoms with E-state index in [1.54, 1.807) is 6.92 Å². The predicted molar refractivity (Wildman–Crippen MR) is 84.6 cm³/mol. The maximum Gasteiger partial charge on any atom is 0.325 e. The Morgan fingerprint density at radius 2 is 2.05 bits per heavy atom. The molecule has 0 amide bonds. The topological polar surface area (TPSA) is 61.5 Å². The van der Waals surface area contributed by atoms with Gasteiger partial charge in [0.05, 0.1) is 13.7 Å². The largest absolute Gasteiger partial charge is 0.493 e. The highest BCUT2D eigenvalue weighted by molar-refractivity contribution is 5.79. The summed E-state index contributed by atoms with van der Waals surface area (Å²) in [6, 6.07) is 6.29. The molecule has 4 nitrogen and oxygen atoms in total. The van der Waals surface area contributed by atoms with Gasteiger partial charge in [-0.25, -0.2) is 0 Å². The SMILES string of the molecule is COC(=O)C(C)(N)CCCOc1cc(C(C)C)ccc1C. The van der Waals surface area contributed by atoms with Crippen LogP contribution in [0.3, 0.4) is 0 Å². The average molecular weight is 293 g/mol. The minimum absolute atomic E-state index is 0.388. The Bertz CT molecular complexity index is 481. The van der Waals surface area contributed by atoms with Gasteiger partial charge in [0.25, 0.3) is 0 Å². The van der Waals surface area contributed by atoms with Crippen LogP contribution in [0.25, 0.3) is 0 Å². The monoisotopic (exact) mass is 293 g/mol. The van der Waals surface area contributed by atoms with Crippen LogP contribution in [0.5, 0.6) is 5.75 Å². The van der Waals surface area contributed by atoms with Crippen molar-refractivity contribution in [1.29, 1.82) is 0 Å². The molecule has 0 aliphatic heterocycles. The molecule has 0 aliphatic carbocycles. The Labute approximate surface area is 127 Å². The third-order valence-corrected chi connectivity index (χ3v) is 3.63. The Kier molecular flexibility index (Phi) is 6.21. The van der Waals surface area contributed by atoms with E-state index in [4.69, 9.17) is 10.5 Å². The van der Waals surface area contributed by atoms with Gasteiger partial charge in [-0.3, -0.25) is 4.79 Å². The van der Waals surface area contributed by atoms with Gasteiger partial charge in [-0.1, -0.05) is 26.0 Å². The van der Waals surface area contributed by atoms with Crippen LogP contribution >= 0.6 is 0 Å². The van der Waals surface area contributed by atoms with Crippen molar-refractivity contribution in [2.75, 3.05) is 13.7 Å². The third-order valence-electron chi connectivity index (χ3n) is 3.63. The number of hydrogen-bond acceptors (Lipinski definition) is 4. The van der Waals surface area contributed by atoms with Crippen LogP contribution in [0.4, 0.5) is 0 Å². The Balaban J connectivity index is 2.53. The van der Waals surface area contributed by atoms with Gasteiger partial charge in [0, 0.05) is 0 Å². The summed E-state index contributed by atoms with van der Waals surface area (Å²) in [5, 5.41) is 0. The number of hydrogen-bond donors (Lipinski definition) is 1. The van der Waals surface area contributed by atoms with E-state index >= 15 is 0 Å². The minimum Gasteiger partial charge on any atom is -0.493 e. The van der Waals surface area contributed by atoms with Crippen molar-refractivity contribution in [1.82, 2.24) is 0 Å². The Morgan fingerprint density at radius 3 is 2.62 bits per heavy atom. The van der Waals surface area contributed by atoms with Crippen molar-refractivity contribution in [3.8, 4) is 5.75 Å². The van der Waals surface area contributed by atoms with Gasteiger partial charge < -0.3 is 15.2 Å². The summed E-state index contributed by atoms with van der Waals surface area (Å²) in [5.74, 6) is 0.984. The van der Waals surface area contributed by atoms with E-state index in [9.17, 15) is 4.79 Å². The molecule has 0 saturated carbocycles. The first-order valence-corrected chi connectivity index (χ1v) is 7.38. The molecule has 0 heterocycles. The zero-order valence-corrected chi connectivity index (χ0v) is 13.7. The van der Waals surface area contributed by atoms with Crippen molar-refractivity contribution in [3.05, 3.63) is 29.3 Å². The van der Waals surface area contributed by atoms with Crippen LogP contribution in [0, 0.1) is 6.92 Å². The fourth-order valence-electron chi connectivity index (χ4n) is 2.09. The van der Waals surface area contributed by atoms with E-state index in [2.05, 4.69) is 36.8 Å². The molecular weight excluding hydrogens is 266 g/mol. The van der Waals surface area contributed by atoms with Gasteiger partial charge in [-0.15, -0.1) is 0 Å². The second kappa shape index (κ2) is 7.46. The fraction of sp³-hybridized carbons (Fsp3) is 0.588. The highest BCUT2D eigenvalue weighted by atomic mass is 16.5. The molecule has 0 aliphatic rings. The second-order valence-electron chi connectivity index (χ2n) is 6.04. The zero-order valence-electron chi connectivity index (χ0n) is 13.7. The summed E-state index contributed by atoms with van der Waals surface area (Å²) < 4.78 is 10.5. The smallest absolute Gasteiger partial charge is 0.325 e. The quantitative estimate of drug-likeness (QED) is 0.619. The summed E-state index contributed by atoms with van der Waals surface area (Å²) in [5.41, 5.74) is 7.33. The van der Waals surface area contributed by atoms with E-state index < -0.39 is 5.54 Å². The molecule has 0 radical (unpaired) electrons. The normalized spacial score (nSPS) is 13.9. The molecule has 0 fully saturated rings. The van der Waals surface area contributed by atoms with Crippen molar-refractivity contribution >= 4 is 5.97 Å². The summed E-state index contributed by atoms with van der Waals surface area (Å²) >= 11 is 0. The summed E-state index contributed by atoms with van der Waals surface area (Å²) in [7, 11) is 1.35. The van der Waals surface area contributed by atoms with Crippen molar-refractivity contribution in [3.63, 3.8) is 0 Å². The van der Waals surface area contributed by atoms with E-state index in [1.807, 2.05) is 6.92 Å². The van der Waals surface area contributed by atoms with Gasteiger partial charge in [0.15, 0.2) is 0 Å². The fourth-order valence-corrected chi connectivity index (χ4v) is 2.09. The number of aryl methyl sites for hydroxylation is 1. The molecule has 0 aromatic heterocycles. The predicted octanol–water partition coefficient (Wildman–Crippen LogP) is 3.17. The number of ether oxygens (including phenoxy) is 2. The number of methoxy groups -OCH3 is 1. The van der Waals surface area contributed by atoms with Crippen molar-refractivity contribution < 1.29 is 14.3 Å². The van der Waals surface area contributed by atoms with Gasteiger partial charge in [0.1, 0.15) is 11.3 Å². The summed E-state index contributed by atoms with van der Waals surface area (Å²) in [6.07, 6.45) is 1.23. The van der Waals surface area contributed by atoms with Crippen LogP contribution in [0.2, 0.25) is 0 Å². The lowest BCUT2D eigenvalue weighted by molar-refractivity contribution is -0.146. The van der Waals surface area contributed by atoms with Crippen LogP contribution < -0.4 is 10.5 Å². The lowest BCUT2D eigenvalue weighted by Crippen LogP contribution is -2.45. The van der Waals surface area contributed by atoms with Crippen molar-refractivity contribution in [2.45, 2.75) is 52.0 Å². The minimum atomic E-state index is -0.951. The molecule has 0 bridgehead atoms. The maximum atomic E-state index is 11.5. The molecule has 2 N–H and O–H groups in total. The molecule has 118 valence electrons. The van der Waals surface area contributed by atoms with E-state index in [1.165, 1.54) is 12.7 Å². The van der Waals surface area contributed by atoms with E-state index in [0.717, 1.165) is 11.3 Å². The van der Waals surface area contributed by atoms with Crippen LogP contribution in [-0.2, 0) is 9.53 Å². The number of benzene rings is 1. The zero-order chi connectivity index (χ0) is 16.0. The molecule has 4 heteroatoms. The average Bonchev–Trinajstić information content (AvgIpc) is 2.43. The molecule has 0 spiro atoms. The molecule has 1 atom stereocenters. The van der Waals surface area contributed by atoms with Gasteiger partial charge in [0.2, 0.25) is 0 Å². The summed E-state index contributed by atoms with van der Waals surface area (Å²) in [4.78, 5) is 11.5. The van der Waals surface area contributed by atoms with Gasteiger partial charge in [-0.2, -0.15) is 0 Å². The number of rotatable bonds is 7. The van der Waals surface area contributed by atoms with Gasteiger partial charge in [-0.05, 0) is 49.8 Å². The molecule has 21 heavy (non-hydrogen) atoms. The first-order valence-electron chi connectivity index (χ1n) is 7.38. The first-order chi connectivity index (χ1) is 9.77. The maximum absolute atomic E-state index is 11.5. The Hall–Kier alpha value is -1.55. The number of esters is 1. The molecule has 1 unspecified atom stereocenters. The Morgan fingerprint density at radius 1 is 1.38 bits per heavy atom. The van der Waals surface area contributed by atoms with Crippen LogP contribution in [0.15, 0.2) is 18.2 Å². The van der Waals surface area contributed by atoms with Crippen molar-refractivity contribution in [2.24, 2.45) is 5.73 Å². The molecule has 1 aromatic carbocycles. The molecule has 0 saturated heterocycles. The second-order valence-corrected chi connectivity index (χ2v) is 6.04. The first kappa shape index (κ1) is 17.5. The van der Waals surface area contributed by atoms with E-state index in [0.29, 0.717) is 25.4 Å². The third kappa shape index (κ3) is 5.05. The molecule has 1 rings (SSSR count). The highest BCUT2D eigenvalue weighted by Crippen LogP contribution is 2.24. The van der Waals surface area contributed by atoms with E-state index in [-0.39, 0.29) is 5.97 Å². The van der Waals surface area contributed by atoms with Crippen LogP contribution in [-0.4, -0.2) is 25.2 Å². The molecular formula is C17H27NO3. The van der Waals surface area contributed by atoms with Gasteiger partial charge >= 0.3 is 5.97 Å².